The number of thiazole rings is 1. The molecule has 3 atom stereocenters. The van der Waals surface area contributed by atoms with E-state index < -0.39 is 0 Å². The minimum atomic E-state index is 0.389. The normalized spacial score (nSPS) is 33.2. The Morgan fingerprint density at radius 2 is 2.17 bits per heavy atom. The lowest BCUT2D eigenvalue weighted by molar-refractivity contribution is 0.260. The Balaban J connectivity index is 1.91. The van der Waals surface area contributed by atoms with Crippen LogP contribution in [0.1, 0.15) is 68.1 Å². The molecule has 1 fully saturated rings. The van der Waals surface area contributed by atoms with Crippen LogP contribution in [-0.2, 0) is 6.42 Å². The molecule has 0 amide bonds. The van der Waals surface area contributed by atoms with Crippen molar-refractivity contribution in [1.29, 1.82) is 0 Å². The molecule has 0 bridgehead atoms. The zero-order chi connectivity index (χ0) is 12.9. The summed E-state index contributed by atoms with van der Waals surface area (Å²) in [5.74, 6) is 1.63. The molecule has 2 aliphatic carbocycles. The quantitative estimate of drug-likeness (QED) is 0.896. The molecule has 1 aromatic heterocycles. The molecule has 0 aromatic carbocycles. The molecule has 0 spiro atoms. The molecule has 18 heavy (non-hydrogen) atoms. The van der Waals surface area contributed by atoms with Crippen molar-refractivity contribution in [1.82, 2.24) is 10.3 Å². The lowest BCUT2D eigenvalue weighted by Gasteiger charge is -2.34. The Kier molecular flexibility index (Phi) is 3.02. The summed E-state index contributed by atoms with van der Waals surface area (Å²) in [5.41, 5.74) is 1.77. The van der Waals surface area contributed by atoms with E-state index in [-0.39, 0.29) is 0 Å². The maximum absolute atomic E-state index is 4.97. The first kappa shape index (κ1) is 12.6. The Morgan fingerprint density at radius 1 is 1.44 bits per heavy atom. The van der Waals surface area contributed by atoms with Gasteiger partial charge in [-0.2, -0.15) is 0 Å². The van der Waals surface area contributed by atoms with Crippen LogP contribution in [0, 0.1) is 11.3 Å². The topological polar surface area (TPSA) is 24.9 Å². The van der Waals surface area contributed by atoms with Gasteiger partial charge in [0.25, 0.3) is 0 Å². The summed E-state index contributed by atoms with van der Waals surface area (Å²) in [5, 5.41) is 5.06. The fraction of sp³-hybridized carbons (Fsp3) is 0.800. The predicted molar refractivity (Wildman–Crippen MR) is 77.2 cm³/mol. The highest BCUT2D eigenvalue weighted by atomic mass is 32.1. The molecule has 0 aliphatic heterocycles. The molecule has 1 saturated carbocycles. The summed E-state index contributed by atoms with van der Waals surface area (Å²) < 4.78 is 0. The van der Waals surface area contributed by atoms with Crippen LogP contribution >= 0.6 is 11.3 Å². The molecule has 0 radical (unpaired) electrons. The Labute approximate surface area is 114 Å². The van der Waals surface area contributed by atoms with E-state index >= 15 is 0 Å². The second-order valence-corrected chi connectivity index (χ2v) is 7.90. The lowest BCUT2D eigenvalue weighted by atomic mass is 9.76. The van der Waals surface area contributed by atoms with Gasteiger partial charge in [0, 0.05) is 16.8 Å². The third-order valence-electron chi connectivity index (χ3n) is 4.34. The molecule has 3 rings (SSSR count). The Hall–Kier alpha value is -0.410. The van der Waals surface area contributed by atoms with E-state index in [2.05, 4.69) is 33.0 Å². The van der Waals surface area contributed by atoms with E-state index in [1.165, 1.54) is 28.4 Å². The van der Waals surface area contributed by atoms with Gasteiger partial charge in [0.2, 0.25) is 0 Å². The second kappa shape index (κ2) is 4.31. The van der Waals surface area contributed by atoms with Crippen molar-refractivity contribution in [2.75, 3.05) is 6.54 Å². The number of aromatic nitrogens is 1. The third kappa shape index (κ3) is 2.23. The monoisotopic (exact) mass is 264 g/mol. The average molecular weight is 264 g/mol. The van der Waals surface area contributed by atoms with Gasteiger partial charge in [0.05, 0.1) is 10.7 Å². The zero-order valence-corrected chi connectivity index (χ0v) is 12.7. The van der Waals surface area contributed by atoms with Gasteiger partial charge in [0.1, 0.15) is 0 Å². The fourth-order valence-corrected chi connectivity index (χ4v) is 4.59. The second-order valence-electron chi connectivity index (χ2n) is 6.84. The summed E-state index contributed by atoms with van der Waals surface area (Å²) in [6, 6.07) is 0.536. The highest BCUT2D eigenvalue weighted by Gasteiger charge is 2.40. The van der Waals surface area contributed by atoms with E-state index in [4.69, 9.17) is 4.98 Å². The van der Waals surface area contributed by atoms with Crippen molar-refractivity contribution in [3.8, 4) is 0 Å². The maximum Gasteiger partial charge on any atom is 0.0965 e. The van der Waals surface area contributed by atoms with Crippen molar-refractivity contribution >= 4 is 11.3 Å². The molecular formula is C15H24N2S. The molecule has 3 unspecified atom stereocenters. The molecule has 1 heterocycles. The van der Waals surface area contributed by atoms with Gasteiger partial charge in [-0.15, -0.1) is 11.3 Å². The first-order chi connectivity index (χ1) is 8.50. The van der Waals surface area contributed by atoms with Gasteiger partial charge in [-0.3, -0.25) is 0 Å². The number of hydrogen-bond donors (Lipinski definition) is 1. The number of rotatable bonds is 3. The van der Waals surface area contributed by atoms with Gasteiger partial charge < -0.3 is 5.32 Å². The van der Waals surface area contributed by atoms with Crippen molar-refractivity contribution < 1.29 is 0 Å². The van der Waals surface area contributed by atoms with Gasteiger partial charge in [0.15, 0.2) is 0 Å². The van der Waals surface area contributed by atoms with Crippen LogP contribution in [0.15, 0.2) is 0 Å². The summed E-state index contributed by atoms with van der Waals surface area (Å²) in [7, 11) is 0. The molecule has 2 nitrogen and oxygen atoms in total. The van der Waals surface area contributed by atoms with E-state index in [1.807, 2.05) is 11.3 Å². The Bertz CT molecular complexity index is 449. The number of nitrogens with one attached hydrogen (secondary N) is 1. The van der Waals surface area contributed by atoms with Crippen LogP contribution in [0.5, 0.6) is 0 Å². The molecular weight excluding hydrogens is 240 g/mol. The van der Waals surface area contributed by atoms with Crippen molar-refractivity contribution in [3.05, 3.63) is 15.6 Å². The van der Waals surface area contributed by atoms with Crippen LogP contribution < -0.4 is 5.32 Å². The molecule has 100 valence electrons. The van der Waals surface area contributed by atoms with Gasteiger partial charge >= 0.3 is 0 Å². The maximum atomic E-state index is 4.97. The van der Waals surface area contributed by atoms with Crippen molar-refractivity contribution in [2.24, 2.45) is 11.3 Å². The highest BCUT2D eigenvalue weighted by Crippen LogP contribution is 2.51. The third-order valence-corrected chi connectivity index (χ3v) is 5.68. The minimum Gasteiger partial charge on any atom is -0.309 e. The summed E-state index contributed by atoms with van der Waals surface area (Å²) >= 11 is 1.98. The smallest absolute Gasteiger partial charge is 0.0965 e. The molecule has 3 heteroatoms. The fourth-order valence-electron chi connectivity index (χ4n) is 3.19. The summed E-state index contributed by atoms with van der Waals surface area (Å²) in [6.45, 7) is 10.3. The van der Waals surface area contributed by atoms with Gasteiger partial charge in [-0.25, -0.2) is 4.98 Å². The van der Waals surface area contributed by atoms with Crippen LogP contribution in [0.3, 0.4) is 0 Å². The largest absolute Gasteiger partial charge is 0.309 e. The predicted octanol–water partition coefficient (Wildman–Crippen LogP) is 3.89. The SMILES string of the molecule is CCNC1CC(C)(C)Cc2nc(C3CC3C)sc21. The Morgan fingerprint density at radius 3 is 2.78 bits per heavy atom. The van der Waals surface area contributed by atoms with Crippen LogP contribution in [0.4, 0.5) is 0 Å². The van der Waals surface area contributed by atoms with Crippen molar-refractivity contribution in [2.45, 2.75) is 58.9 Å². The zero-order valence-electron chi connectivity index (χ0n) is 11.9. The van der Waals surface area contributed by atoms with Crippen LogP contribution in [-0.4, -0.2) is 11.5 Å². The molecule has 0 saturated heterocycles. The summed E-state index contributed by atoms with van der Waals surface area (Å²) in [4.78, 5) is 6.50. The van der Waals surface area contributed by atoms with Gasteiger partial charge in [-0.05, 0) is 37.1 Å². The lowest BCUT2D eigenvalue weighted by Crippen LogP contribution is -2.32. The molecule has 2 aliphatic rings. The molecule has 1 aromatic rings. The van der Waals surface area contributed by atoms with E-state index in [0.717, 1.165) is 24.8 Å². The highest BCUT2D eigenvalue weighted by molar-refractivity contribution is 7.12. The van der Waals surface area contributed by atoms with E-state index in [9.17, 15) is 0 Å². The average Bonchev–Trinajstić information content (AvgIpc) is 2.85. The van der Waals surface area contributed by atoms with Gasteiger partial charge in [-0.1, -0.05) is 27.7 Å². The minimum absolute atomic E-state index is 0.389. The standard InChI is InChI=1S/C15H24N2S/c1-5-16-11-7-15(3,4)8-12-13(11)18-14(17-12)10-6-9(10)2/h9-11,16H,5-8H2,1-4H3. The van der Waals surface area contributed by atoms with E-state index in [0.29, 0.717) is 11.5 Å². The summed E-state index contributed by atoms with van der Waals surface area (Å²) in [6.07, 6.45) is 3.75. The van der Waals surface area contributed by atoms with Crippen molar-refractivity contribution in [3.63, 3.8) is 0 Å². The number of hydrogen-bond acceptors (Lipinski definition) is 3. The van der Waals surface area contributed by atoms with E-state index in [1.54, 1.807) is 0 Å². The first-order valence-electron chi connectivity index (χ1n) is 7.23. The molecule has 1 N–H and O–H groups in total. The first-order valence-corrected chi connectivity index (χ1v) is 8.04. The number of fused-ring (bicyclic) bond motifs is 1. The van der Waals surface area contributed by atoms with Crippen LogP contribution in [0.2, 0.25) is 0 Å². The number of nitrogens with zero attached hydrogens (tertiary/aromatic N) is 1. The van der Waals surface area contributed by atoms with Crippen LogP contribution in [0.25, 0.3) is 0 Å².